The smallest absolute Gasteiger partial charge is 0.0254 e. The van der Waals surface area contributed by atoms with Gasteiger partial charge in [-0.25, -0.2) is 0 Å². The van der Waals surface area contributed by atoms with E-state index >= 15 is 0 Å². The molecule has 0 saturated heterocycles. The summed E-state index contributed by atoms with van der Waals surface area (Å²) in [6.07, 6.45) is 7.87. The molecule has 1 saturated carbocycles. The van der Waals surface area contributed by atoms with Crippen LogP contribution < -0.4 is 5.32 Å². The van der Waals surface area contributed by atoms with Crippen LogP contribution in [0.15, 0.2) is 0 Å². The summed E-state index contributed by atoms with van der Waals surface area (Å²) in [7, 11) is 0. The molecule has 2 heteroatoms. The Labute approximate surface area is 121 Å². The van der Waals surface area contributed by atoms with Crippen molar-refractivity contribution in [2.75, 3.05) is 19.6 Å². The molecule has 0 aromatic heterocycles. The summed E-state index contributed by atoms with van der Waals surface area (Å²) in [5.41, 5.74) is 0.523. The highest BCUT2D eigenvalue weighted by atomic mass is 15.2. The zero-order chi connectivity index (χ0) is 14.3. The minimum atomic E-state index is 0.523. The van der Waals surface area contributed by atoms with Crippen LogP contribution in [0, 0.1) is 5.41 Å². The van der Waals surface area contributed by atoms with E-state index in [9.17, 15) is 0 Å². The standard InChI is InChI=1S/C17H36N2/c1-6-11-18-15-9-10-17(4,5)14-16(15)19(12-7-2)13-8-3/h15-16,18H,6-14H2,1-5H3. The molecule has 0 aromatic carbocycles. The Hall–Kier alpha value is -0.0800. The SMILES string of the molecule is CCCNC1CCC(C)(C)CC1N(CCC)CCC. The van der Waals surface area contributed by atoms with Gasteiger partial charge in [-0.1, -0.05) is 34.6 Å². The van der Waals surface area contributed by atoms with E-state index in [1.165, 1.54) is 58.2 Å². The lowest BCUT2D eigenvalue weighted by molar-refractivity contribution is 0.0645. The maximum absolute atomic E-state index is 3.81. The summed E-state index contributed by atoms with van der Waals surface area (Å²) < 4.78 is 0. The first kappa shape index (κ1) is 17.0. The molecule has 2 nitrogen and oxygen atoms in total. The lowest BCUT2D eigenvalue weighted by Gasteiger charge is -2.46. The first-order valence-electron chi connectivity index (χ1n) is 8.51. The van der Waals surface area contributed by atoms with E-state index in [0.29, 0.717) is 11.5 Å². The number of nitrogens with one attached hydrogen (secondary N) is 1. The first-order chi connectivity index (χ1) is 9.04. The largest absolute Gasteiger partial charge is 0.312 e. The molecule has 0 amide bonds. The van der Waals surface area contributed by atoms with Crippen molar-refractivity contribution in [2.45, 2.75) is 85.2 Å². The van der Waals surface area contributed by atoms with Gasteiger partial charge in [0.05, 0.1) is 0 Å². The minimum Gasteiger partial charge on any atom is -0.312 e. The molecule has 0 aliphatic heterocycles. The van der Waals surface area contributed by atoms with E-state index in [1.807, 2.05) is 0 Å². The summed E-state index contributed by atoms with van der Waals surface area (Å²) in [4.78, 5) is 2.76. The van der Waals surface area contributed by atoms with Crippen LogP contribution in [-0.2, 0) is 0 Å². The summed E-state index contributed by atoms with van der Waals surface area (Å²) in [5, 5.41) is 3.81. The fraction of sp³-hybridized carbons (Fsp3) is 1.00. The molecular weight excluding hydrogens is 232 g/mol. The Bertz CT molecular complexity index is 231. The van der Waals surface area contributed by atoms with E-state index < -0.39 is 0 Å². The fourth-order valence-electron chi connectivity index (χ4n) is 3.52. The van der Waals surface area contributed by atoms with Crippen LogP contribution in [0.5, 0.6) is 0 Å². The normalized spacial score (nSPS) is 26.8. The van der Waals surface area contributed by atoms with Crippen LogP contribution in [0.4, 0.5) is 0 Å². The second kappa shape index (κ2) is 8.26. The lowest BCUT2D eigenvalue weighted by Crippen LogP contribution is -2.55. The third-order valence-electron chi connectivity index (χ3n) is 4.51. The zero-order valence-electron chi connectivity index (χ0n) is 14.0. The Morgan fingerprint density at radius 2 is 1.68 bits per heavy atom. The van der Waals surface area contributed by atoms with Crippen LogP contribution in [-0.4, -0.2) is 36.6 Å². The van der Waals surface area contributed by atoms with Crippen molar-refractivity contribution < 1.29 is 0 Å². The van der Waals surface area contributed by atoms with E-state index in [1.54, 1.807) is 0 Å². The Kier molecular flexibility index (Phi) is 7.38. The van der Waals surface area contributed by atoms with Crippen molar-refractivity contribution in [3.05, 3.63) is 0 Å². The third-order valence-corrected chi connectivity index (χ3v) is 4.51. The van der Waals surface area contributed by atoms with E-state index in [2.05, 4.69) is 44.8 Å². The maximum atomic E-state index is 3.81. The van der Waals surface area contributed by atoms with Crippen molar-refractivity contribution in [3.63, 3.8) is 0 Å². The second-order valence-electron chi connectivity index (χ2n) is 7.07. The van der Waals surface area contributed by atoms with Crippen LogP contribution in [0.2, 0.25) is 0 Å². The molecule has 114 valence electrons. The van der Waals surface area contributed by atoms with Crippen molar-refractivity contribution >= 4 is 0 Å². The molecule has 1 rings (SSSR count). The molecule has 19 heavy (non-hydrogen) atoms. The Balaban J connectivity index is 2.72. The number of rotatable bonds is 8. The monoisotopic (exact) mass is 268 g/mol. The number of hydrogen-bond donors (Lipinski definition) is 1. The number of hydrogen-bond acceptors (Lipinski definition) is 2. The topological polar surface area (TPSA) is 15.3 Å². The molecule has 1 aliphatic carbocycles. The molecule has 1 fully saturated rings. The highest BCUT2D eigenvalue weighted by Crippen LogP contribution is 2.37. The van der Waals surface area contributed by atoms with Gasteiger partial charge in [0.15, 0.2) is 0 Å². The maximum Gasteiger partial charge on any atom is 0.0254 e. The Morgan fingerprint density at radius 1 is 1.05 bits per heavy atom. The van der Waals surface area contributed by atoms with Crippen molar-refractivity contribution in [1.29, 1.82) is 0 Å². The van der Waals surface area contributed by atoms with Crippen LogP contribution in [0.1, 0.15) is 73.1 Å². The van der Waals surface area contributed by atoms with Gasteiger partial charge in [-0.2, -0.15) is 0 Å². The first-order valence-corrected chi connectivity index (χ1v) is 8.51. The Morgan fingerprint density at radius 3 is 2.21 bits per heavy atom. The van der Waals surface area contributed by atoms with Crippen LogP contribution in [0.3, 0.4) is 0 Å². The van der Waals surface area contributed by atoms with Crippen LogP contribution >= 0.6 is 0 Å². The van der Waals surface area contributed by atoms with Crippen LogP contribution in [0.25, 0.3) is 0 Å². The predicted octanol–water partition coefficient (Wildman–Crippen LogP) is 4.06. The van der Waals surface area contributed by atoms with E-state index in [0.717, 1.165) is 6.04 Å². The average molecular weight is 268 g/mol. The average Bonchev–Trinajstić information content (AvgIpc) is 2.36. The fourth-order valence-corrected chi connectivity index (χ4v) is 3.52. The number of nitrogens with zero attached hydrogens (tertiary/aromatic N) is 1. The predicted molar refractivity (Wildman–Crippen MR) is 85.7 cm³/mol. The summed E-state index contributed by atoms with van der Waals surface area (Å²) in [6.45, 7) is 15.5. The summed E-state index contributed by atoms with van der Waals surface area (Å²) in [6, 6.07) is 1.46. The molecule has 1 aliphatic rings. The van der Waals surface area contributed by atoms with Crippen molar-refractivity contribution in [1.82, 2.24) is 10.2 Å². The van der Waals surface area contributed by atoms with Gasteiger partial charge in [-0.05, 0) is 63.6 Å². The minimum absolute atomic E-state index is 0.523. The van der Waals surface area contributed by atoms with Gasteiger partial charge in [0, 0.05) is 12.1 Å². The quantitative estimate of drug-likeness (QED) is 0.714. The highest BCUT2D eigenvalue weighted by molar-refractivity contribution is 4.94. The lowest BCUT2D eigenvalue weighted by atomic mass is 9.72. The van der Waals surface area contributed by atoms with Gasteiger partial charge in [-0.15, -0.1) is 0 Å². The summed E-state index contributed by atoms with van der Waals surface area (Å²) in [5.74, 6) is 0. The zero-order valence-corrected chi connectivity index (χ0v) is 14.0. The van der Waals surface area contributed by atoms with Gasteiger partial charge in [-0.3, -0.25) is 4.90 Å². The third kappa shape index (κ3) is 5.43. The van der Waals surface area contributed by atoms with Gasteiger partial charge < -0.3 is 5.32 Å². The molecule has 0 aromatic rings. The molecule has 2 atom stereocenters. The van der Waals surface area contributed by atoms with Crippen molar-refractivity contribution in [2.24, 2.45) is 5.41 Å². The van der Waals surface area contributed by atoms with Gasteiger partial charge in [0.2, 0.25) is 0 Å². The molecule has 0 bridgehead atoms. The molecule has 0 heterocycles. The molecule has 0 radical (unpaired) electrons. The van der Waals surface area contributed by atoms with Gasteiger partial charge in [0.25, 0.3) is 0 Å². The molecule has 2 unspecified atom stereocenters. The van der Waals surface area contributed by atoms with Crippen molar-refractivity contribution in [3.8, 4) is 0 Å². The second-order valence-corrected chi connectivity index (χ2v) is 7.07. The highest BCUT2D eigenvalue weighted by Gasteiger charge is 2.37. The van der Waals surface area contributed by atoms with Gasteiger partial charge >= 0.3 is 0 Å². The molecule has 1 N–H and O–H groups in total. The van der Waals surface area contributed by atoms with Gasteiger partial charge in [0.1, 0.15) is 0 Å². The summed E-state index contributed by atoms with van der Waals surface area (Å²) >= 11 is 0. The van der Waals surface area contributed by atoms with E-state index in [-0.39, 0.29) is 0 Å². The van der Waals surface area contributed by atoms with E-state index in [4.69, 9.17) is 0 Å². The molecular formula is C17H36N2. The molecule has 0 spiro atoms.